The van der Waals surface area contributed by atoms with Crippen LogP contribution >= 0.6 is 27.7 Å². The average Bonchev–Trinajstić information content (AvgIpc) is 3.00. The normalized spacial score (nSPS) is 14.6. The number of nitriles is 1. The molecule has 1 aliphatic heterocycles. The SMILES string of the molecule is COc1cc(/C=C2/SC(=O)N(CC(=O)O)C2=O)c(Br)cc1OCc1ccccc1C#N. The van der Waals surface area contributed by atoms with Crippen LogP contribution in [0, 0.1) is 11.3 Å². The monoisotopic (exact) mass is 502 g/mol. The number of halogens is 1. The number of benzene rings is 2. The van der Waals surface area contributed by atoms with E-state index in [4.69, 9.17) is 14.6 Å². The molecule has 1 fully saturated rings. The van der Waals surface area contributed by atoms with Gasteiger partial charge in [-0.1, -0.05) is 34.1 Å². The highest BCUT2D eigenvalue weighted by Crippen LogP contribution is 2.38. The lowest BCUT2D eigenvalue weighted by Gasteiger charge is -2.13. The molecule has 0 aliphatic carbocycles. The first-order valence-electron chi connectivity index (χ1n) is 8.79. The standard InChI is InChI=1S/C21H15BrN2O6S/c1-29-16-6-14(7-18-20(27)24(10-19(25)26)21(28)31-18)15(22)8-17(16)30-11-13-5-3-2-4-12(13)9-23/h2-8H,10-11H2,1H3,(H,25,26)/b18-7+. The molecule has 0 unspecified atom stereocenters. The summed E-state index contributed by atoms with van der Waals surface area (Å²) in [4.78, 5) is 35.9. The van der Waals surface area contributed by atoms with E-state index in [-0.39, 0.29) is 11.5 Å². The quantitative estimate of drug-likeness (QED) is 0.563. The molecule has 1 aliphatic rings. The molecule has 0 atom stereocenters. The molecule has 10 heteroatoms. The van der Waals surface area contributed by atoms with Crippen LogP contribution in [0.1, 0.15) is 16.7 Å². The highest BCUT2D eigenvalue weighted by Gasteiger charge is 2.36. The van der Waals surface area contributed by atoms with Crippen LogP contribution in [-0.4, -0.2) is 40.8 Å². The molecule has 2 amide bonds. The molecule has 0 aromatic heterocycles. The fourth-order valence-corrected chi connectivity index (χ4v) is 4.02. The Morgan fingerprint density at radius 1 is 1.29 bits per heavy atom. The van der Waals surface area contributed by atoms with Crippen molar-refractivity contribution in [1.29, 1.82) is 5.26 Å². The van der Waals surface area contributed by atoms with Crippen molar-refractivity contribution in [2.75, 3.05) is 13.7 Å². The number of aliphatic carboxylic acids is 1. The Morgan fingerprint density at radius 2 is 2.03 bits per heavy atom. The van der Waals surface area contributed by atoms with Crippen LogP contribution in [0.2, 0.25) is 0 Å². The third-order valence-corrected chi connectivity index (χ3v) is 5.85. The van der Waals surface area contributed by atoms with Crippen LogP contribution in [-0.2, 0) is 16.2 Å². The van der Waals surface area contributed by atoms with Gasteiger partial charge in [0, 0.05) is 10.0 Å². The maximum atomic E-state index is 12.4. The summed E-state index contributed by atoms with van der Waals surface area (Å²) in [7, 11) is 1.46. The summed E-state index contributed by atoms with van der Waals surface area (Å²) in [6.45, 7) is -0.538. The van der Waals surface area contributed by atoms with Gasteiger partial charge in [-0.05, 0) is 41.6 Å². The Labute approximate surface area is 190 Å². The summed E-state index contributed by atoms with van der Waals surface area (Å²) in [5.74, 6) is -1.14. The highest BCUT2D eigenvalue weighted by molar-refractivity contribution is 9.10. The molecule has 1 saturated heterocycles. The van der Waals surface area contributed by atoms with Crippen molar-refractivity contribution in [3.05, 3.63) is 62.5 Å². The van der Waals surface area contributed by atoms with Crippen molar-refractivity contribution in [3.63, 3.8) is 0 Å². The number of thioether (sulfide) groups is 1. The summed E-state index contributed by atoms with van der Waals surface area (Å²) >= 11 is 4.09. The van der Waals surface area contributed by atoms with Crippen LogP contribution in [0.4, 0.5) is 4.79 Å². The minimum atomic E-state index is -1.27. The van der Waals surface area contributed by atoms with E-state index in [1.807, 2.05) is 6.07 Å². The predicted molar refractivity (Wildman–Crippen MR) is 116 cm³/mol. The van der Waals surface area contributed by atoms with Crippen molar-refractivity contribution in [2.45, 2.75) is 6.61 Å². The van der Waals surface area contributed by atoms with Gasteiger partial charge in [0.25, 0.3) is 11.1 Å². The number of ether oxygens (including phenoxy) is 2. The van der Waals surface area contributed by atoms with E-state index in [1.165, 1.54) is 13.2 Å². The highest BCUT2D eigenvalue weighted by atomic mass is 79.9. The molecule has 0 radical (unpaired) electrons. The van der Waals surface area contributed by atoms with Gasteiger partial charge in [0.2, 0.25) is 0 Å². The van der Waals surface area contributed by atoms with Gasteiger partial charge in [-0.2, -0.15) is 5.26 Å². The van der Waals surface area contributed by atoms with E-state index in [1.54, 1.807) is 30.3 Å². The molecule has 8 nitrogen and oxygen atoms in total. The Bertz CT molecular complexity index is 1140. The van der Waals surface area contributed by atoms with Gasteiger partial charge in [0.05, 0.1) is 23.6 Å². The number of nitrogens with zero attached hydrogens (tertiary/aromatic N) is 2. The lowest BCUT2D eigenvalue weighted by Crippen LogP contribution is -2.33. The second kappa shape index (κ2) is 9.68. The largest absolute Gasteiger partial charge is 0.493 e. The second-order valence-electron chi connectivity index (χ2n) is 6.24. The van der Waals surface area contributed by atoms with Gasteiger partial charge < -0.3 is 14.6 Å². The number of imide groups is 1. The van der Waals surface area contributed by atoms with E-state index >= 15 is 0 Å². The van der Waals surface area contributed by atoms with E-state index in [9.17, 15) is 19.6 Å². The van der Waals surface area contributed by atoms with Crippen molar-refractivity contribution in [3.8, 4) is 17.6 Å². The second-order valence-corrected chi connectivity index (χ2v) is 8.09. The molecule has 2 aromatic carbocycles. The Morgan fingerprint density at radius 3 is 2.71 bits per heavy atom. The van der Waals surface area contributed by atoms with Crippen molar-refractivity contribution in [2.24, 2.45) is 0 Å². The zero-order valence-electron chi connectivity index (χ0n) is 16.1. The zero-order valence-corrected chi connectivity index (χ0v) is 18.5. The number of methoxy groups -OCH3 is 1. The molecular formula is C21H15BrN2O6S. The molecule has 158 valence electrons. The minimum Gasteiger partial charge on any atom is -0.493 e. The summed E-state index contributed by atoms with van der Waals surface area (Å²) in [6.07, 6.45) is 1.48. The van der Waals surface area contributed by atoms with Crippen LogP contribution in [0.15, 0.2) is 45.8 Å². The van der Waals surface area contributed by atoms with Crippen molar-refractivity contribution < 1.29 is 29.0 Å². The van der Waals surface area contributed by atoms with Gasteiger partial charge >= 0.3 is 5.97 Å². The molecule has 0 saturated carbocycles. The fraction of sp³-hybridized carbons (Fsp3) is 0.143. The Balaban J connectivity index is 1.85. The van der Waals surface area contributed by atoms with Gasteiger partial charge in [-0.25, -0.2) is 0 Å². The van der Waals surface area contributed by atoms with Crippen LogP contribution in [0.3, 0.4) is 0 Å². The van der Waals surface area contributed by atoms with E-state index in [0.717, 1.165) is 5.56 Å². The molecule has 31 heavy (non-hydrogen) atoms. The Hall–Kier alpha value is -3.29. The molecular weight excluding hydrogens is 488 g/mol. The molecule has 1 N–H and O–H groups in total. The molecule has 0 spiro atoms. The number of carbonyl (C=O) groups is 3. The summed E-state index contributed by atoms with van der Waals surface area (Å²) in [5.41, 5.74) is 1.77. The first-order valence-corrected chi connectivity index (χ1v) is 10.4. The molecule has 0 bridgehead atoms. The topological polar surface area (TPSA) is 117 Å². The fourth-order valence-electron chi connectivity index (χ4n) is 2.76. The van der Waals surface area contributed by atoms with Crippen molar-refractivity contribution in [1.82, 2.24) is 4.90 Å². The number of carboxylic acid groups (broad SMARTS) is 1. The number of hydrogen-bond donors (Lipinski definition) is 1. The van der Waals surface area contributed by atoms with E-state index in [2.05, 4.69) is 22.0 Å². The van der Waals surface area contributed by atoms with E-state index < -0.39 is 23.7 Å². The lowest BCUT2D eigenvalue weighted by atomic mass is 10.1. The smallest absolute Gasteiger partial charge is 0.323 e. The minimum absolute atomic E-state index is 0.102. The lowest BCUT2D eigenvalue weighted by molar-refractivity contribution is -0.140. The first kappa shape index (κ1) is 22.4. The summed E-state index contributed by atoms with van der Waals surface area (Å²) < 4.78 is 11.8. The Kier molecular flexibility index (Phi) is 6.99. The van der Waals surface area contributed by atoms with Gasteiger partial charge in [0.1, 0.15) is 13.2 Å². The average molecular weight is 503 g/mol. The number of carbonyl (C=O) groups excluding carboxylic acids is 2. The van der Waals surface area contributed by atoms with Gasteiger partial charge in [-0.15, -0.1) is 0 Å². The summed E-state index contributed by atoms with van der Waals surface area (Å²) in [5, 5.41) is 17.4. The van der Waals surface area contributed by atoms with Gasteiger partial charge in [0.15, 0.2) is 11.5 Å². The maximum absolute atomic E-state index is 12.4. The number of hydrogen-bond acceptors (Lipinski definition) is 7. The molecule has 1 heterocycles. The first-order chi connectivity index (χ1) is 14.8. The summed E-state index contributed by atoms with van der Waals surface area (Å²) in [6, 6.07) is 12.5. The van der Waals surface area contributed by atoms with Crippen LogP contribution in [0.5, 0.6) is 11.5 Å². The van der Waals surface area contributed by atoms with Crippen LogP contribution < -0.4 is 9.47 Å². The molecule has 3 rings (SSSR count). The van der Waals surface area contributed by atoms with Gasteiger partial charge in [-0.3, -0.25) is 19.3 Å². The number of amides is 2. The molecule has 2 aromatic rings. The van der Waals surface area contributed by atoms with E-state index in [0.29, 0.717) is 43.8 Å². The number of carboxylic acids is 1. The van der Waals surface area contributed by atoms with Crippen LogP contribution in [0.25, 0.3) is 6.08 Å². The maximum Gasteiger partial charge on any atom is 0.323 e. The number of rotatable bonds is 7. The predicted octanol–water partition coefficient (Wildman–Crippen LogP) is 4.03. The van der Waals surface area contributed by atoms with Crippen molar-refractivity contribution >= 4 is 50.9 Å². The third kappa shape index (κ3) is 5.07. The third-order valence-electron chi connectivity index (χ3n) is 4.26. The zero-order chi connectivity index (χ0) is 22.5.